The molecule has 6 rings (SSSR count). The number of carbonyl (C=O) groups is 1. The van der Waals surface area contributed by atoms with Gasteiger partial charge in [-0.3, -0.25) is 4.79 Å². The molecule has 38 heavy (non-hydrogen) atoms. The van der Waals surface area contributed by atoms with Crippen LogP contribution < -0.4 is 9.80 Å². The highest BCUT2D eigenvalue weighted by atomic mass is 32.2. The van der Waals surface area contributed by atoms with Crippen molar-refractivity contribution < 1.29 is 13.2 Å². The molecule has 2 aromatic rings. The molecule has 11 nitrogen and oxygen atoms in total. The number of hydrogen-bond donors (Lipinski definition) is 0. The molecule has 1 aliphatic carbocycles. The fourth-order valence-corrected chi connectivity index (χ4v) is 8.51. The van der Waals surface area contributed by atoms with Crippen molar-refractivity contribution in [2.45, 2.75) is 75.1 Å². The maximum Gasteiger partial charge on any atom is 0.244 e. The Hall–Kier alpha value is -3.33. The Kier molecular flexibility index (Phi) is 5.65. The van der Waals surface area contributed by atoms with Crippen LogP contribution in [0.15, 0.2) is 18.6 Å². The van der Waals surface area contributed by atoms with Gasteiger partial charge in [-0.05, 0) is 46.5 Å². The fourth-order valence-electron chi connectivity index (χ4n) is 6.70. The van der Waals surface area contributed by atoms with E-state index in [4.69, 9.17) is 4.98 Å². The van der Waals surface area contributed by atoms with Crippen molar-refractivity contribution in [3.63, 3.8) is 0 Å². The average Bonchev–Trinajstić information content (AvgIpc) is 3.39. The minimum Gasteiger partial charge on any atom is -0.350 e. The molecular formula is C26H32N8O3S. The Bertz CT molecular complexity index is 1450. The first-order valence-electron chi connectivity index (χ1n) is 13.3. The van der Waals surface area contributed by atoms with Crippen LogP contribution in [0.3, 0.4) is 0 Å². The highest BCUT2D eigenvalue weighted by molar-refractivity contribution is 7.93. The van der Waals surface area contributed by atoms with Crippen LogP contribution >= 0.6 is 0 Å². The molecule has 0 aromatic carbocycles. The minimum absolute atomic E-state index is 0.0604. The van der Waals surface area contributed by atoms with Gasteiger partial charge >= 0.3 is 0 Å². The van der Waals surface area contributed by atoms with Crippen molar-refractivity contribution >= 4 is 33.2 Å². The van der Waals surface area contributed by atoms with Gasteiger partial charge in [-0.25, -0.2) is 18.4 Å². The van der Waals surface area contributed by atoms with Gasteiger partial charge < -0.3 is 14.7 Å². The molecule has 0 radical (unpaired) electrons. The van der Waals surface area contributed by atoms with E-state index in [1.807, 2.05) is 11.8 Å². The van der Waals surface area contributed by atoms with Gasteiger partial charge in [-0.1, -0.05) is 6.42 Å². The van der Waals surface area contributed by atoms with Gasteiger partial charge in [0.05, 0.1) is 17.5 Å². The summed E-state index contributed by atoms with van der Waals surface area (Å²) in [4.78, 5) is 29.1. The second-order valence-electron chi connectivity index (χ2n) is 11.5. The van der Waals surface area contributed by atoms with Gasteiger partial charge in [0.1, 0.15) is 28.8 Å². The lowest BCUT2D eigenvalue weighted by atomic mass is 9.66. The molecule has 0 N–H and O–H groups in total. The third kappa shape index (κ3) is 3.51. The number of hydrogen-bond acceptors (Lipinski definition) is 10. The van der Waals surface area contributed by atoms with E-state index in [9.17, 15) is 18.5 Å². The fraction of sp³-hybridized carbons (Fsp3) is 0.615. The summed E-state index contributed by atoms with van der Waals surface area (Å²) in [5.74, 6) is 2.06. The van der Waals surface area contributed by atoms with Crippen molar-refractivity contribution in [1.29, 1.82) is 5.26 Å². The Morgan fingerprint density at radius 1 is 1.11 bits per heavy atom. The van der Waals surface area contributed by atoms with E-state index in [0.717, 1.165) is 36.5 Å². The number of carbonyl (C=O) groups excluding carboxylic acids is 1. The third-order valence-electron chi connectivity index (χ3n) is 9.14. The molecule has 5 heterocycles. The zero-order valence-electron chi connectivity index (χ0n) is 22.0. The summed E-state index contributed by atoms with van der Waals surface area (Å²) in [5, 5.41) is 17.7. The second-order valence-corrected chi connectivity index (χ2v) is 14.0. The van der Waals surface area contributed by atoms with E-state index in [1.54, 1.807) is 24.2 Å². The SMILES string of the molecule is C[C@@H]1CN(c2ncnc3c2C2(CCC2)CN3c2cc(C#N)cnn2)[C@@H](C)CN1C(=O)[C@]1(C)CCCS1(=O)=O. The highest BCUT2D eigenvalue weighted by Crippen LogP contribution is 2.56. The second kappa shape index (κ2) is 8.59. The summed E-state index contributed by atoms with van der Waals surface area (Å²) >= 11 is 0. The zero-order valence-corrected chi connectivity index (χ0v) is 22.8. The van der Waals surface area contributed by atoms with Gasteiger partial charge in [0.15, 0.2) is 15.7 Å². The molecule has 1 saturated carbocycles. The van der Waals surface area contributed by atoms with Gasteiger partial charge in [-0.2, -0.15) is 10.4 Å². The van der Waals surface area contributed by atoms with E-state index in [0.29, 0.717) is 43.9 Å². The largest absolute Gasteiger partial charge is 0.350 e. The van der Waals surface area contributed by atoms with Gasteiger partial charge in [0.2, 0.25) is 5.91 Å². The Labute approximate surface area is 222 Å². The number of fused-ring (bicyclic) bond motifs is 2. The van der Waals surface area contributed by atoms with Crippen LogP contribution in [0.2, 0.25) is 0 Å². The average molecular weight is 537 g/mol. The zero-order chi connectivity index (χ0) is 26.9. The maximum absolute atomic E-state index is 13.6. The van der Waals surface area contributed by atoms with Crippen LogP contribution in [0.1, 0.15) is 64.0 Å². The predicted octanol–water partition coefficient (Wildman–Crippen LogP) is 2.10. The van der Waals surface area contributed by atoms with Crippen LogP contribution in [-0.4, -0.2) is 81.6 Å². The lowest BCUT2D eigenvalue weighted by Gasteiger charge is -2.48. The molecule has 1 amide bonds. The van der Waals surface area contributed by atoms with Gasteiger partial charge in [-0.15, -0.1) is 5.10 Å². The molecule has 0 bridgehead atoms. The van der Waals surface area contributed by atoms with E-state index >= 15 is 0 Å². The summed E-state index contributed by atoms with van der Waals surface area (Å²) in [7, 11) is -3.46. The summed E-state index contributed by atoms with van der Waals surface area (Å²) in [5.41, 5.74) is 1.44. The Balaban J connectivity index is 1.34. The summed E-state index contributed by atoms with van der Waals surface area (Å²) in [6.07, 6.45) is 7.08. The van der Waals surface area contributed by atoms with Crippen LogP contribution in [0.4, 0.5) is 17.5 Å². The number of nitriles is 1. The molecule has 0 unspecified atom stereocenters. The number of anilines is 3. The first-order chi connectivity index (χ1) is 18.1. The number of rotatable bonds is 3. The molecule has 3 atom stereocenters. The van der Waals surface area contributed by atoms with Crippen LogP contribution in [-0.2, 0) is 20.0 Å². The summed E-state index contributed by atoms with van der Waals surface area (Å²) in [6.45, 7) is 7.32. The van der Waals surface area contributed by atoms with Crippen molar-refractivity contribution in [2.24, 2.45) is 0 Å². The van der Waals surface area contributed by atoms with Crippen molar-refractivity contribution in [3.8, 4) is 6.07 Å². The number of sulfone groups is 1. The molecule has 3 fully saturated rings. The molecule has 4 aliphatic rings. The minimum atomic E-state index is -3.46. The smallest absolute Gasteiger partial charge is 0.244 e. The third-order valence-corrected chi connectivity index (χ3v) is 11.7. The number of aromatic nitrogens is 4. The van der Waals surface area contributed by atoms with E-state index in [1.165, 1.54) is 6.20 Å². The first kappa shape index (κ1) is 25.0. The molecule has 2 saturated heterocycles. The summed E-state index contributed by atoms with van der Waals surface area (Å²) in [6, 6.07) is 3.64. The monoisotopic (exact) mass is 536 g/mol. The van der Waals surface area contributed by atoms with Crippen LogP contribution in [0, 0.1) is 11.3 Å². The van der Waals surface area contributed by atoms with Crippen molar-refractivity contribution in [2.75, 3.05) is 35.2 Å². The maximum atomic E-state index is 13.6. The number of nitrogens with zero attached hydrogens (tertiary/aromatic N) is 8. The molecule has 12 heteroatoms. The lowest BCUT2D eigenvalue weighted by Crippen LogP contribution is -2.63. The Morgan fingerprint density at radius 3 is 2.53 bits per heavy atom. The van der Waals surface area contributed by atoms with Gasteiger partial charge in [0, 0.05) is 48.8 Å². The van der Waals surface area contributed by atoms with Crippen molar-refractivity contribution in [3.05, 3.63) is 29.7 Å². The van der Waals surface area contributed by atoms with Crippen LogP contribution in [0.5, 0.6) is 0 Å². The molecule has 3 aliphatic heterocycles. The van der Waals surface area contributed by atoms with E-state index in [-0.39, 0.29) is 29.2 Å². The predicted molar refractivity (Wildman–Crippen MR) is 141 cm³/mol. The summed E-state index contributed by atoms with van der Waals surface area (Å²) < 4.78 is 24.2. The molecule has 200 valence electrons. The highest BCUT2D eigenvalue weighted by Gasteiger charge is 2.54. The topological polar surface area (TPSA) is 136 Å². The van der Waals surface area contributed by atoms with E-state index < -0.39 is 14.6 Å². The quantitative estimate of drug-likeness (QED) is 0.573. The molecule has 2 aromatic heterocycles. The van der Waals surface area contributed by atoms with Crippen LogP contribution in [0.25, 0.3) is 0 Å². The standard InChI is InChI=1S/C26H32N8O3S/c1-17-14-33(24(35)25(3)6-5-9-38(25,36)37)18(2)13-32(17)22-21-23(29-16-28-22)34(15-26(21)7-4-8-26)20-10-19(11-27)12-30-31-20/h10,12,16-18H,4-9,13-15H2,1-3H3/t17-,18+,25-/m0/s1. The number of amides is 1. The normalized spacial score (nSPS) is 29.2. The number of piperazine rings is 1. The molecular weight excluding hydrogens is 504 g/mol. The lowest BCUT2D eigenvalue weighted by molar-refractivity contribution is -0.136. The van der Waals surface area contributed by atoms with E-state index in [2.05, 4.69) is 33.1 Å². The Morgan fingerprint density at radius 2 is 1.87 bits per heavy atom. The first-order valence-corrected chi connectivity index (χ1v) is 14.9. The van der Waals surface area contributed by atoms with Gasteiger partial charge in [0.25, 0.3) is 0 Å². The van der Waals surface area contributed by atoms with Crippen molar-refractivity contribution in [1.82, 2.24) is 25.1 Å². The molecule has 1 spiro atoms.